The standard InChI is InChI=1S/C13H6BrCl2F3/c14-11(7-2-1-6(15)5-9(7)16)8-3-4-10(17)13(19)12(8)18/h1-5,11H. The molecule has 2 aromatic rings. The summed E-state index contributed by atoms with van der Waals surface area (Å²) in [6.45, 7) is 0. The molecule has 0 aliphatic rings. The summed E-state index contributed by atoms with van der Waals surface area (Å²) >= 11 is 15.0. The smallest absolute Gasteiger partial charge is 0.194 e. The van der Waals surface area contributed by atoms with E-state index >= 15 is 0 Å². The highest BCUT2D eigenvalue weighted by Gasteiger charge is 2.21. The molecule has 0 radical (unpaired) electrons. The molecule has 0 nitrogen and oxygen atoms in total. The summed E-state index contributed by atoms with van der Waals surface area (Å²) < 4.78 is 39.8. The number of benzene rings is 2. The van der Waals surface area contributed by atoms with Crippen LogP contribution in [-0.4, -0.2) is 0 Å². The first kappa shape index (κ1) is 14.7. The van der Waals surface area contributed by atoms with Crippen LogP contribution in [0.1, 0.15) is 16.0 Å². The van der Waals surface area contributed by atoms with E-state index in [9.17, 15) is 13.2 Å². The van der Waals surface area contributed by atoms with Gasteiger partial charge in [0, 0.05) is 15.6 Å². The molecule has 1 unspecified atom stereocenters. The Balaban J connectivity index is 2.50. The Labute approximate surface area is 126 Å². The second-order valence-electron chi connectivity index (χ2n) is 3.79. The number of halogens is 6. The predicted octanol–water partition coefficient (Wildman–Crippen LogP) is 5.90. The van der Waals surface area contributed by atoms with Gasteiger partial charge in [-0.25, -0.2) is 13.2 Å². The second kappa shape index (κ2) is 5.73. The van der Waals surface area contributed by atoms with Crippen LogP contribution in [0.25, 0.3) is 0 Å². The highest BCUT2D eigenvalue weighted by Crippen LogP contribution is 2.38. The predicted molar refractivity (Wildman–Crippen MR) is 73.5 cm³/mol. The number of hydrogen-bond acceptors (Lipinski definition) is 0. The first-order valence-electron chi connectivity index (χ1n) is 5.14. The maximum atomic E-state index is 13.7. The third kappa shape index (κ3) is 2.91. The Kier molecular flexibility index (Phi) is 4.43. The van der Waals surface area contributed by atoms with Crippen molar-refractivity contribution in [1.82, 2.24) is 0 Å². The van der Waals surface area contributed by atoms with Gasteiger partial charge in [-0.05, 0) is 23.8 Å². The molecule has 2 aromatic carbocycles. The molecule has 0 amide bonds. The van der Waals surface area contributed by atoms with Crippen molar-refractivity contribution in [3.8, 4) is 0 Å². The molecule has 0 heterocycles. The van der Waals surface area contributed by atoms with E-state index in [0.717, 1.165) is 12.1 Å². The van der Waals surface area contributed by atoms with Crippen molar-refractivity contribution in [3.05, 3.63) is 69.0 Å². The molecular weight excluding hydrogens is 364 g/mol. The molecular formula is C13H6BrCl2F3. The molecule has 19 heavy (non-hydrogen) atoms. The molecule has 2 rings (SSSR count). The minimum Gasteiger partial charge on any atom is -0.204 e. The third-order valence-electron chi connectivity index (χ3n) is 2.57. The van der Waals surface area contributed by atoms with Gasteiger partial charge in [-0.3, -0.25) is 0 Å². The quantitative estimate of drug-likeness (QED) is 0.457. The maximum Gasteiger partial charge on any atom is 0.194 e. The molecule has 0 saturated carbocycles. The van der Waals surface area contributed by atoms with E-state index in [0.29, 0.717) is 15.6 Å². The summed E-state index contributed by atoms with van der Waals surface area (Å²) in [6.07, 6.45) is 0. The van der Waals surface area contributed by atoms with Crippen molar-refractivity contribution in [2.75, 3.05) is 0 Å². The lowest BCUT2D eigenvalue weighted by Gasteiger charge is -2.14. The Morgan fingerprint density at radius 3 is 2.16 bits per heavy atom. The van der Waals surface area contributed by atoms with Crippen molar-refractivity contribution in [1.29, 1.82) is 0 Å². The lowest BCUT2D eigenvalue weighted by molar-refractivity contribution is 0.442. The molecule has 0 spiro atoms. The Hall–Kier alpha value is -0.710. The minimum absolute atomic E-state index is 0.0388. The van der Waals surface area contributed by atoms with Crippen LogP contribution in [0.15, 0.2) is 30.3 Å². The number of rotatable bonds is 2. The van der Waals surface area contributed by atoms with Crippen LogP contribution < -0.4 is 0 Å². The molecule has 0 saturated heterocycles. The van der Waals surface area contributed by atoms with Crippen LogP contribution in [0, 0.1) is 17.5 Å². The number of alkyl halides is 1. The van der Waals surface area contributed by atoms with Crippen LogP contribution in [0.5, 0.6) is 0 Å². The van der Waals surface area contributed by atoms with Crippen LogP contribution >= 0.6 is 39.1 Å². The largest absolute Gasteiger partial charge is 0.204 e. The normalized spacial score (nSPS) is 12.5. The highest BCUT2D eigenvalue weighted by molar-refractivity contribution is 9.09. The van der Waals surface area contributed by atoms with E-state index < -0.39 is 22.3 Å². The Bertz CT molecular complexity index is 632. The number of hydrogen-bond donors (Lipinski definition) is 0. The molecule has 6 heteroatoms. The lowest BCUT2D eigenvalue weighted by atomic mass is 10.0. The first-order chi connectivity index (χ1) is 8.91. The van der Waals surface area contributed by atoms with E-state index in [2.05, 4.69) is 15.9 Å². The molecule has 0 N–H and O–H groups in total. The van der Waals surface area contributed by atoms with E-state index in [4.69, 9.17) is 23.2 Å². The van der Waals surface area contributed by atoms with Crippen LogP contribution in [0.2, 0.25) is 10.0 Å². The average molecular weight is 370 g/mol. The van der Waals surface area contributed by atoms with Gasteiger partial charge in [-0.1, -0.05) is 51.3 Å². The van der Waals surface area contributed by atoms with Gasteiger partial charge in [0.1, 0.15) is 0 Å². The van der Waals surface area contributed by atoms with E-state index in [-0.39, 0.29) is 5.56 Å². The van der Waals surface area contributed by atoms with Crippen molar-refractivity contribution >= 4 is 39.1 Å². The van der Waals surface area contributed by atoms with Crippen molar-refractivity contribution < 1.29 is 13.2 Å². The van der Waals surface area contributed by atoms with Crippen molar-refractivity contribution in [2.24, 2.45) is 0 Å². The molecule has 100 valence electrons. The molecule has 0 aromatic heterocycles. The Morgan fingerprint density at radius 2 is 1.53 bits per heavy atom. The topological polar surface area (TPSA) is 0 Å². The van der Waals surface area contributed by atoms with Crippen LogP contribution in [0.4, 0.5) is 13.2 Å². The van der Waals surface area contributed by atoms with Gasteiger partial charge in [0.2, 0.25) is 0 Å². The fraction of sp³-hybridized carbons (Fsp3) is 0.0769. The maximum absolute atomic E-state index is 13.7. The zero-order valence-electron chi connectivity index (χ0n) is 9.23. The van der Waals surface area contributed by atoms with Gasteiger partial charge in [-0.15, -0.1) is 0 Å². The fourth-order valence-corrected chi connectivity index (χ4v) is 3.01. The summed E-state index contributed by atoms with van der Waals surface area (Å²) in [4.78, 5) is -0.702. The van der Waals surface area contributed by atoms with Crippen molar-refractivity contribution in [3.63, 3.8) is 0 Å². The van der Waals surface area contributed by atoms with E-state index in [1.165, 1.54) is 6.07 Å². The van der Waals surface area contributed by atoms with Gasteiger partial charge in [0.25, 0.3) is 0 Å². The Morgan fingerprint density at radius 1 is 0.895 bits per heavy atom. The molecule has 0 aliphatic heterocycles. The summed E-state index contributed by atoms with van der Waals surface area (Å²) in [5, 5.41) is 0.734. The first-order valence-corrected chi connectivity index (χ1v) is 6.81. The summed E-state index contributed by atoms with van der Waals surface area (Å²) in [7, 11) is 0. The van der Waals surface area contributed by atoms with E-state index in [1.807, 2.05) is 0 Å². The lowest BCUT2D eigenvalue weighted by Crippen LogP contribution is -2.02. The second-order valence-corrected chi connectivity index (χ2v) is 5.55. The molecule has 0 aliphatic carbocycles. The zero-order valence-corrected chi connectivity index (χ0v) is 12.3. The van der Waals surface area contributed by atoms with Crippen LogP contribution in [-0.2, 0) is 0 Å². The monoisotopic (exact) mass is 368 g/mol. The summed E-state index contributed by atoms with van der Waals surface area (Å²) in [5.41, 5.74) is 0.471. The third-order valence-corrected chi connectivity index (χ3v) is 4.12. The summed E-state index contributed by atoms with van der Waals surface area (Å²) in [5.74, 6) is -3.98. The fourth-order valence-electron chi connectivity index (χ4n) is 1.61. The molecule has 0 fully saturated rings. The summed E-state index contributed by atoms with van der Waals surface area (Å²) in [6, 6.07) is 6.69. The van der Waals surface area contributed by atoms with Gasteiger partial charge in [-0.2, -0.15) is 0 Å². The van der Waals surface area contributed by atoms with Crippen LogP contribution in [0.3, 0.4) is 0 Å². The molecule has 1 atom stereocenters. The molecule has 0 bridgehead atoms. The van der Waals surface area contributed by atoms with Gasteiger partial charge in [0.05, 0.1) is 4.83 Å². The van der Waals surface area contributed by atoms with Crippen molar-refractivity contribution in [2.45, 2.75) is 4.83 Å². The van der Waals surface area contributed by atoms with E-state index in [1.54, 1.807) is 12.1 Å². The van der Waals surface area contributed by atoms with Gasteiger partial charge >= 0.3 is 0 Å². The van der Waals surface area contributed by atoms with Gasteiger partial charge < -0.3 is 0 Å². The zero-order chi connectivity index (χ0) is 14.2. The highest BCUT2D eigenvalue weighted by atomic mass is 79.9. The average Bonchev–Trinajstić information content (AvgIpc) is 2.35. The van der Waals surface area contributed by atoms with Gasteiger partial charge in [0.15, 0.2) is 17.5 Å². The SMILES string of the molecule is Fc1ccc(C(Br)c2ccc(Cl)cc2Cl)c(F)c1F. The minimum atomic E-state index is -1.51.